The number of alkyl halides is 3. The molecule has 1 atom stereocenters. The van der Waals surface area contributed by atoms with Crippen molar-refractivity contribution in [2.24, 2.45) is 0 Å². The smallest absolute Gasteiger partial charge is 0.356 e. The van der Waals surface area contributed by atoms with Crippen LogP contribution in [0.4, 0.5) is 19.0 Å². The van der Waals surface area contributed by atoms with Crippen molar-refractivity contribution >= 4 is 17.6 Å². The molecule has 3 saturated heterocycles. The minimum absolute atomic E-state index is 0.00242. The largest absolute Gasteiger partial charge is 0.433 e. The van der Waals surface area contributed by atoms with Crippen LogP contribution < -0.4 is 4.90 Å². The van der Waals surface area contributed by atoms with Crippen LogP contribution in [0.1, 0.15) is 50.6 Å². The van der Waals surface area contributed by atoms with E-state index in [2.05, 4.69) is 9.97 Å². The zero-order valence-electron chi connectivity index (χ0n) is 16.8. The van der Waals surface area contributed by atoms with Gasteiger partial charge in [0.2, 0.25) is 11.8 Å². The van der Waals surface area contributed by atoms with Gasteiger partial charge in [0.05, 0.1) is 0 Å². The van der Waals surface area contributed by atoms with Gasteiger partial charge in [0.1, 0.15) is 24.4 Å². The van der Waals surface area contributed by atoms with Gasteiger partial charge < -0.3 is 14.7 Å². The van der Waals surface area contributed by atoms with Crippen LogP contribution in [0.15, 0.2) is 12.4 Å². The number of likely N-dealkylation sites (tertiary alicyclic amines) is 2. The number of carbonyl (C=O) groups excluding carboxylic acids is 2. The van der Waals surface area contributed by atoms with E-state index in [0.717, 1.165) is 44.7 Å². The van der Waals surface area contributed by atoms with Gasteiger partial charge in [0, 0.05) is 44.2 Å². The molecule has 0 N–H and O–H groups in total. The number of nitrogens with zero attached hydrogens (tertiary/aromatic N) is 5. The lowest BCUT2D eigenvalue weighted by Crippen LogP contribution is -2.51. The van der Waals surface area contributed by atoms with Crippen LogP contribution in [-0.4, -0.2) is 69.8 Å². The van der Waals surface area contributed by atoms with Gasteiger partial charge in [-0.25, -0.2) is 9.97 Å². The molecule has 3 aliphatic rings. The Morgan fingerprint density at radius 1 is 1.03 bits per heavy atom. The second-order valence-electron chi connectivity index (χ2n) is 8.39. The normalized spacial score (nSPS) is 25.3. The van der Waals surface area contributed by atoms with Crippen LogP contribution in [-0.2, 0) is 15.8 Å². The van der Waals surface area contributed by atoms with E-state index < -0.39 is 17.4 Å². The first-order valence-corrected chi connectivity index (χ1v) is 10.5. The average molecular weight is 425 g/mol. The van der Waals surface area contributed by atoms with Gasteiger partial charge in [0.25, 0.3) is 0 Å². The van der Waals surface area contributed by atoms with E-state index in [-0.39, 0.29) is 24.2 Å². The molecule has 0 saturated carbocycles. The van der Waals surface area contributed by atoms with Crippen molar-refractivity contribution in [1.82, 2.24) is 19.8 Å². The average Bonchev–Trinajstić information content (AvgIpc) is 3.28. The first-order chi connectivity index (χ1) is 14.3. The molecular formula is C20H26F3N5O2. The van der Waals surface area contributed by atoms with Crippen molar-refractivity contribution in [2.45, 2.75) is 56.7 Å². The third kappa shape index (κ3) is 4.09. The summed E-state index contributed by atoms with van der Waals surface area (Å²) in [6.07, 6.45) is 1.58. The van der Waals surface area contributed by atoms with E-state index >= 15 is 0 Å². The highest BCUT2D eigenvalue weighted by atomic mass is 19.4. The lowest BCUT2D eigenvalue weighted by molar-refractivity contribution is -0.141. The molecule has 0 bridgehead atoms. The van der Waals surface area contributed by atoms with Crippen molar-refractivity contribution in [1.29, 1.82) is 0 Å². The summed E-state index contributed by atoms with van der Waals surface area (Å²) < 4.78 is 39.0. The Balaban J connectivity index is 1.48. The van der Waals surface area contributed by atoms with Gasteiger partial charge in [-0.05, 0) is 38.5 Å². The first kappa shape index (κ1) is 20.9. The number of carbonyl (C=O) groups is 2. The number of aromatic nitrogens is 2. The van der Waals surface area contributed by atoms with Gasteiger partial charge in [-0.15, -0.1) is 0 Å². The monoisotopic (exact) mass is 425 g/mol. The zero-order valence-corrected chi connectivity index (χ0v) is 16.8. The molecule has 3 aliphatic heterocycles. The Morgan fingerprint density at radius 3 is 2.53 bits per heavy atom. The minimum atomic E-state index is -4.52. The highest BCUT2D eigenvalue weighted by Gasteiger charge is 2.47. The number of anilines is 1. The maximum Gasteiger partial charge on any atom is 0.433 e. The quantitative estimate of drug-likeness (QED) is 0.744. The molecule has 4 rings (SSSR count). The molecule has 3 fully saturated rings. The Kier molecular flexibility index (Phi) is 5.59. The summed E-state index contributed by atoms with van der Waals surface area (Å²) >= 11 is 0. The van der Waals surface area contributed by atoms with E-state index in [0.29, 0.717) is 38.8 Å². The molecule has 30 heavy (non-hydrogen) atoms. The third-order valence-electron chi connectivity index (χ3n) is 6.61. The fraction of sp³-hybridized carbons (Fsp3) is 0.700. The number of rotatable bonds is 3. The predicted octanol–water partition coefficient (Wildman–Crippen LogP) is 2.47. The summed E-state index contributed by atoms with van der Waals surface area (Å²) in [5.41, 5.74) is -1.36. The SMILES string of the molecule is O=C(CN1C(=O)CC[C@]12CCCN(c1cc(C(F)(F)F)ncn1)CC2)N1CCCC1. The molecule has 0 radical (unpaired) electrons. The number of hydrogen-bond donors (Lipinski definition) is 0. The van der Waals surface area contributed by atoms with Crippen LogP contribution in [0.25, 0.3) is 0 Å². The van der Waals surface area contributed by atoms with Gasteiger partial charge in [0.15, 0.2) is 0 Å². The van der Waals surface area contributed by atoms with E-state index in [9.17, 15) is 22.8 Å². The maximum atomic E-state index is 13.0. The molecule has 0 aliphatic carbocycles. The number of hydrogen-bond acceptors (Lipinski definition) is 5. The van der Waals surface area contributed by atoms with Crippen LogP contribution in [0, 0.1) is 0 Å². The highest BCUT2D eigenvalue weighted by molar-refractivity contribution is 5.87. The lowest BCUT2D eigenvalue weighted by atomic mass is 9.87. The fourth-order valence-electron chi connectivity index (χ4n) is 4.93. The zero-order chi connectivity index (χ0) is 21.4. The van der Waals surface area contributed by atoms with Crippen LogP contribution in [0.2, 0.25) is 0 Å². The molecule has 1 aromatic rings. The molecule has 10 heteroatoms. The fourth-order valence-corrected chi connectivity index (χ4v) is 4.93. The number of amides is 2. The molecule has 2 amide bonds. The van der Waals surface area contributed by atoms with Gasteiger partial charge in [-0.1, -0.05) is 0 Å². The molecule has 164 valence electrons. The molecule has 0 unspecified atom stereocenters. The Hall–Kier alpha value is -2.39. The predicted molar refractivity (Wildman–Crippen MR) is 103 cm³/mol. The van der Waals surface area contributed by atoms with E-state index in [4.69, 9.17) is 0 Å². The molecule has 7 nitrogen and oxygen atoms in total. The van der Waals surface area contributed by atoms with Gasteiger partial charge in [-0.2, -0.15) is 13.2 Å². The standard InChI is InChI=1S/C20H26F3N5O2/c21-20(22,23)15-12-16(25-14-24-15)26-10-3-5-19(7-11-26)6-4-17(29)28(19)13-18(30)27-8-1-2-9-27/h12,14H,1-11,13H2/t19-/m0/s1. The van der Waals surface area contributed by atoms with Crippen LogP contribution in [0.5, 0.6) is 0 Å². The maximum absolute atomic E-state index is 13.0. The molecule has 4 heterocycles. The van der Waals surface area contributed by atoms with Crippen LogP contribution in [0.3, 0.4) is 0 Å². The van der Waals surface area contributed by atoms with Crippen LogP contribution >= 0.6 is 0 Å². The first-order valence-electron chi connectivity index (χ1n) is 10.5. The Morgan fingerprint density at radius 2 is 1.80 bits per heavy atom. The topological polar surface area (TPSA) is 69.6 Å². The summed E-state index contributed by atoms with van der Waals surface area (Å²) in [6.45, 7) is 2.63. The highest BCUT2D eigenvalue weighted by Crippen LogP contribution is 2.40. The second kappa shape index (κ2) is 8.03. The summed E-state index contributed by atoms with van der Waals surface area (Å²) in [5, 5.41) is 0. The van der Waals surface area contributed by atoms with Crippen molar-refractivity contribution < 1.29 is 22.8 Å². The van der Waals surface area contributed by atoms with Crippen molar-refractivity contribution in [3.05, 3.63) is 18.1 Å². The summed E-state index contributed by atoms with van der Waals surface area (Å²) in [5.74, 6) is 0.240. The molecule has 0 aromatic carbocycles. The van der Waals surface area contributed by atoms with Gasteiger partial charge >= 0.3 is 6.18 Å². The summed E-state index contributed by atoms with van der Waals surface area (Å²) in [6, 6.07) is 0.979. The van der Waals surface area contributed by atoms with Crippen molar-refractivity contribution in [3.8, 4) is 0 Å². The Bertz CT molecular complexity index is 812. The lowest BCUT2D eigenvalue weighted by Gasteiger charge is -2.38. The van der Waals surface area contributed by atoms with E-state index in [1.54, 1.807) is 4.90 Å². The molecular weight excluding hydrogens is 399 g/mol. The van der Waals surface area contributed by atoms with E-state index in [1.807, 2.05) is 9.80 Å². The minimum Gasteiger partial charge on any atom is -0.356 e. The Labute approximate surface area is 173 Å². The van der Waals surface area contributed by atoms with Crippen molar-refractivity contribution in [3.63, 3.8) is 0 Å². The van der Waals surface area contributed by atoms with Crippen molar-refractivity contribution in [2.75, 3.05) is 37.6 Å². The van der Waals surface area contributed by atoms with E-state index in [1.165, 1.54) is 0 Å². The third-order valence-corrected chi connectivity index (χ3v) is 6.61. The van der Waals surface area contributed by atoms with Gasteiger partial charge in [-0.3, -0.25) is 9.59 Å². The molecule has 1 aromatic heterocycles. The summed E-state index contributed by atoms with van der Waals surface area (Å²) in [7, 11) is 0. The molecule has 1 spiro atoms. The summed E-state index contributed by atoms with van der Waals surface area (Å²) in [4.78, 5) is 38.1. The number of halogens is 3. The second-order valence-corrected chi connectivity index (χ2v) is 8.39.